The maximum absolute atomic E-state index is 11.6. The molecule has 0 N–H and O–H groups in total. The fourth-order valence-electron chi connectivity index (χ4n) is 2.29. The van der Waals surface area contributed by atoms with Crippen LogP contribution in [0.25, 0.3) is 0 Å². The predicted octanol–water partition coefficient (Wildman–Crippen LogP) is 4.52. The molecule has 0 aliphatic heterocycles. The average molecular weight is 296 g/mol. The molecule has 0 bridgehead atoms. The maximum Gasteiger partial charge on any atom is 0.304 e. The first kappa shape index (κ1) is 17.8. The Morgan fingerprint density at radius 1 is 1.27 bits per heavy atom. The summed E-state index contributed by atoms with van der Waals surface area (Å²) in [7, 11) is 0. The second-order valence-electron chi connectivity index (χ2n) is 6.07. The first-order chi connectivity index (χ1) is 10.3. The van der Waals surface area contributed by atoms with Crippen LogP contribution in [0.2, 0.25) is 0 Å². The van der Waals surface area contributed by atoms with E-state index in [4.69, 9.17) is 4.74 Å². The Morgan fingerprint density at radius 2 is 1.91 bits per heavy atom. The minimum atomic E-state index is -0.888. The van der Waals surface area contributed by atoms with Crippen LogP contribution < -0.4 is 0 Å². The van der Waals surface area contributed by atoms with E-state index in [0.29, 0.717) is 12.8 Å². The standard InChI is InChI=1S/C20H24O2/c1-6-14-20(22-17(3)21,16-19(4,5)7-2)15-13-18-11-9-8-10-12-18/h6-12H,1-2,14,16H2,3-5H3. The van der Waals surface area contributed by atoms with Crippen molar-refractivity contribution in [2.24, 2.45) is 5.41 Å². The molecule has 2 heteroatoms. The van der Waals surface area contributed by atoms with E-state index in [-0.39, 0.29) is 11.4 Å². The van der Waals surface area contributed by atoms with E-state index < -0.39 is 5.60 Å². The highest BCUT2D eigenvalue weighted by atomic mass is 16.6. The molecule has 0 aliphatic carbocycles. The van der Waals surface area contributed by atoms with Crippen LogP contribution >= 0.6 is 0 Å². The molecule has 0 fully saturated rings. The number of carbonyl (C=O) groups excluding carboxylic acids is 1. The van der Waals surface area contributed by atoms with Gasteiger partial charge in [-0.1, -0.05) is 50.1 Å². The molecule has 1 aromatic rings. The highest BCUT2D eigenvalue weighted by molar-refractivity contribution is 5.67. The smallest absolute Gasteiger partial charge is 0.304 e. The number of hydrogen-bond donors (Lipinski definition) is 0. The van der Waals surface area contributed by atoms with Gasteiger partial charge in [-0.15, -0.1) is 13.2 Å². The molecule has 0 aromatic heterocycles. The van der Waals surface area contributed by atoms with Gasteiger partial charge >= 0.3 is 5.97 Å². The number of hydrogen-bond acceptors (Lipinski definition) is 2. The molecule has 0 amide bonds. The fourth-order valence-corrected chi connectivity index (χ4v) is 2.29. The van der Waals surface area contributed by atoms with Crippen molar-refractivity contribution >= 4 is 5.97 Å². The quantitative estimate of drug-likeness (QED) is 0.438. The third kappa shape index (κ3) is 5.61. The third-order valence-corrected chi connectivity index (χ3v) is 3.32. The summed E-state index contributed by atoms with van der Waals surface area (Å²) >= 11 is 0. The minimum Gasteiger partial charge on any atom is -0.446 e. The highest BCUT2D eigenvalue weighted by Gasteiger charge is 2.36. The second kappa shape index (κ2) is 7.66. The van der Waals surface area contributed by atoms with Crippen LogP contribution in [-0.2, 0) is 9.53 Å². The van der Waals surface area contributed by atoms with E-state index in [1.54, 1.807) is 6.08 Å². The molecule has 0 heterocycles. The molecule has 1 rings (SSSR count). The molecule has 0 aliphatic rings. The average Bonchev–Trinajstić information content (AvgIpc) is 2.45. The summed E-state index contributed by atoms with van der Waals surface area (Å²) in [6.07, 6.45) is 4.64. The Hall–Kier alpha value is -2.27. The summed E-state index contributed by atoms with van der Waals surface area (Å²) in [5.41, 5.74) is -0.204. The monoisotopic (exact) mass is 296 g/mol. The van der Waals surface area contributed by atoms with Crippen LogP contribution in [0.15, 0.2) is 55.6 Å². The van der Waals surface area contributed by atoms with Gasteiger partial charge in [0, 0.05) is 25.3 Å². The van der Waals surface area contributed by atoms with Crippen LogP contribution in [0.3, 0.4) is 0 Å². The van der Waals surface area contributed by atoms with Crippen molar-refractivity contribution in [2.75, 3.05) is 0 Å². The lowest BCUT2D eigenvalue weighted by Crippen LogP contribution is -2.37. The number of ether oxygens (including phenoxy) is 1. The normalized spacial score (nSPS) is 13.2. The molecule has 0 saturated heterocycles. The van der Waals surface area contributed by atoms with Crippen molar-refractivity contribution in [3.63, 3.8) is 0 Å². The van der Waals surface area contributed by atoms with Crippen molar-refractivity contribution in [2.45, 2.75) is 39.2 Å². The molecule has 0 spiro atoms. The molecule has 116 valence electrons. The fraction of sp³-hybridized carbons (Fsp3) is 0.350. The lowest BCUT2D eigenvalue weighted by Gasteiger charge is -2.33. The van der Waals surface area contributed by atoms with E-state index in [0.717, 1.165) is 5.56 Å². The summed E-state index contributed by atoms with van der Waals surface area (Å²) in [5.74, 6) is 5.93. The maximum atomic E-state index is 11.6. The van der Waals surface area contributed by atoms with Crippen molar-refractivity contribution < 1.29 is 9.53 Å². The Balaban J connectivity index is 3.23. The summed E-state index contributed by atoms with van der Waals surface area (Å²) in [6.45, 7) is 13.1. The molecule has 0 saturated carbocycles. The number of benzene rings is 1. The SMILES string of the molecule is C=CCC(C#Cc1ccccc1)(CC(C)(C)C=C)OC(C)=O. The van der Waals surface area contributed by atoms with E-state index in [1.807, 2.05) is 50.3 Å². The molecular formula is C20H24O2. The lowest BCUT2D eigenvalue weighted by atomic mass is 9.78. The van der Waals surface area contributed by atoms with Crippen molar-refractivity contribution in [1.82, 2.24) is 0 Å². The summed E-state index contributed by atoms with van der Waals surface area (Å²) in [6, 6.07) is 9.66. The Labute approximate surface area is 133 Å². The van der Waals surface area contributed by atoms with Crippen molar-refractivity contribution in [3.05, 3.63) is 61.2 Å². The lowest BCUT2D eigenvalue weighted by molar-refractivity contribution is -0.153. The van der Waals surface area contributed by atoms with Gasteiger partial charge in [0.2, 0.25) is 0 Å². The van der Waals surface area contributed by atoms with Gasteiger partial charge in [-0.05, 0) is 23.5 Å². The molecule has 1 unspecified atom stereocenters. The number of allylic oxidation sites excluding steroid dienone is 1. The topological polar surface area (TPSA) is 26.3 Å². The number of rotatable bonds is 6. The van der Waals surface area contributed by atoms with E-state index in [2.05, 4.69) is 25.0 Å². The zero-order chi connectivity index (χ0) is 16.6. The van der Waals surface area contributed by atoms with Crippen LogP contribution in [0.5, 0.6) is 0 Å². The van der Waals surface area contributed by atoms with Crippen LogP contribution in [-0.4, -0.2) is 11.6 Å². The predicted molar refractivity (Wildman–Crippen MR) is 91.2 cm³/mol. The molecule has 2 nitrogen and oxygen atoms in total. The Morgan fingerprint density at radius 3 is 2.41 bits per heavy atom. The van der Waals surface area contributed by atoms with E-state index in [1.165, 1.54) is 6.92 Å². The van der Waals surface area contributed by atoms with Crippen molar-refractivity contribution in [3.8, 4) is 11.8 Å². The third-order valence-electron chi connectivity index (χ3n) is 3.32. The minimum absolute atomic E-state index is 0.205. The highest BCUT2D eigenvalue weighted by Crippen LogP contribution is 2.34. The zero-order valence-corrected chi connectivity index (χ0v) is 13.7. The van der Waals surface area contributed by atoms with Gasteiger partial charge in [-0.3, -0.25) is 4.79 Å². The summed E-state index contributed by atoms with van der Waals surface area (Å²) in [5, 5.41) is 0. The zero-order valence-electron chi connectivity index (χ0n) is 13.7. The van der Waals surface area contributed by atoms with E-state index >= 15 is 0 Å². The van der Waals surface area contributed by atoms with Gasteiger partial charge < -0.3 is 4.74 Å². The largest absolute Gasteiger partial charge is 0.446 e. The van der Waals surface area contributed by atoms with Crippen molar-refractivity contribution in [1.29, 1.82) is 0 Å². The van der Waals surface area contributed by atoms with E-state index in [9.17, 15) is 4.79 Å². The van der Waals surface area contributed by atoms with Gasteiger partial charge in [-0.25, -0.2) is 0 Å². The summed E-state index contributed by atoms with van der Waals surface area (Å²) in [4.78, 5) is 11.6. The molecule has 0 radical (unpaired) electrons. The van der Waals surface area contributed by atoms with Gasteiger partial charge in [0.15, 0.2) is 5.60 Å². The molecule has 1 aromatic carbocycles. The van der Waals surface area contributed by atoms with Crippen LogP contribution in [0, 0.1) is 17.3 Å². The second-order valence-corrected chi connectivity index (χ2v) is 6.07. The van der Waals surface area contributed by atoms with Gasteiger partial charge in [0.25, 0.3) is 0 Å². The Bertz CT molecular complexity index is 587. The molecule has 22 heavy (non-hydrogen) atoms. The Kier molecular flexibility index (Phi) is 6.19. The number of esters is 1. The van der Waals surface area contributed by atoms with Crippen LogP contribution in [0.1, 0.15) is 39.2 Å². The summed E-state index contributed by atoms with van der Waals surface area (Å²) < 4.78 is 5.61. The first-order valence-electron chi connectivity index (χ1n) is 7.35. The van der Waals surface area contributed by atoms with Gasteiger partial charge in [0.05, 0.1) is 0 Å². The molecule has 1 atom stereocenters. The molecular weight excluding hydrogens is 272 g/mol. The van der Waals surface area contributed by atoms with Gasteiger partial charge in [-0.2, -0.15) is 0 Å². The number of carbonyl (C=O) groups is 1. The van der Waals surface area contributed by atoms with Gasteiger partial charge in [0.1, 0.15) is 0 Å². The van der Waals surface area contributed by atoms with Crippen LogP contribution in [0.4, 0.5) is 0 Å². The first-order valence-corrected chi connectivity index (χ1v) is 7.35.